The van der Waals surface area contributed by atoms with E-state index < -0.39 is 7.82 Å². The van der Waals surface area contributed by atoms with Crippen LogP contribution in [0.15, 0.2) is 12.7 Å². The second-order valence-corrected chi connectivity index (χ2v) is 6.86. The van der Waals surface area contributed by atoms with Crippen molar-refractivity contribution >= 4 is 7.82 Å². The van der Waals surface area contributed by atoms with Gasteiger partial charge in [-0.15, -0.1) is 6.58 Å². The minimum absolute atomic E-state index is 1.21. The van der Waals surface area contributed by atoms with Gasteiger partial charge in [-0.3, -0.25) is 0 Å². The van der Waals surface area contributed by atoms with Crippen molar-refractivity contribution < 1.29 is 19.2 Å². The number of phosphoric acid groups is 1. The second-order valence-electron chi connectivity index (χ2n) is 5.83. The van der Waals surface area contributed by atoms with E-state index in [1.54, 1.807) is 0 Å². The lowest BCUT2D eigenvalue weighted by atomic mass is 10.0. The van der Waals surface area contributed by atoms with Crippen molar-refractivity contribution in [3.05, 3.63) is 12.7 Å². The number of hydrogen-bond donors (Lipinski definition) is 3. The third kappa shape index (κ3) is 36.8. The quantitative estimate of drug-likeness (QED) is 0.215. The van der Waals surface area contributed by atoms with Crippen molar-refractivity contribution in [1.29, 1.82) is 0 Å². The Balaban J connectivity index is 0. The van der Waals surface area contributed by atoms with Gasteiger partial charge in [-0.05, 0) is 12.8 Å². The molecule has 0 heterocycles. The Labute approximate surface area is 137 Å². The lowest BCUT2D eigenvalue weighted by molar-refractivity contribution is 0.275. The summed E-state index contributed by atoms with van der Waals surface area (Å²) in [6, 6.07) is 0. The molecule has 0 unspecified atom stereocenters. The molecule has 0 saturated heterocycles. The molecule has 0 spiro atoms. The van der Waals surface area contributed by atoms with Gasteiger partial charge in [0.2, 0.25) is 0 Å². The molecule has 0 aliphatic carbocycles. The van der Waals surface area contributed by atoms with E-state index in [0.717, 1.165) is 0 Å². The van der Waals surface area contributed by atoms with Crippen LogP contribution in [0, 0.1) is 0 Å². The molecule has 0 aromatic rings. The summed E-state index contributed by atoms with van der Waals surface area (Å²) < 4.78 is 8.88. The Kier molecular flexibility index (Phi) is 20.7. The molecule has 0 saturated carbocycles. The van der Waals surface area contributed by atoms with E-state index in [0.29, 0.717) is 0 Å². The largest absolute Gasteiger partial charge is 0.466 e. The maximum absolute atomic E-state index is 8.88. The first kappa shape index (κ1) is 24.1. The SMILES string of the molecule is C=CCCCCCCCCCCCCCCC.O=P(O)(O)O. The average molecular weight is 336 g/mol. The Morgan fingerprint density at radius 3 is 1.27 bits per heavy atom. The van der Waals surface area contributed by atoms with Crippen molar-refractivity contribution in [3.8, 4) is 0 Å². The van der Waals surface area contributed by atoms with Crippen molar-refractivity contribution in [2.75, 3.05) is 0 Å². The van der Waals surface area contributed by atoms with Gasteiger partial charge in [-0.2, -0.15) is 0 Å². The summed E-state index contributed by atoms with van der Waals surface area (Å²) in [7, 11) is -4.64. The van der Waals surface area contributed by atoms with Gasteiger partial charge in [0.15, 0.2) is 0 Å². The van der Waals surface area contributed by atoms with Gasteiger partial charge in [-0.25, -0.2) is 4.57 Å². The zero-order valence-corrected chi connectivity index (χ0v) is 15.3. The van der Waals surface area contributed by atoms with Gasteiger partial charge in [-0.1, -0.05) is 90.0 Å². The molecule has 0 bridgehead atoms. The van der Waals surface area contributed by atoms with Crippen molar-refractivity contribution in [3.63, 3.8) is 0 Å². The maximum Gasteiger partial charge on any atom is 0.466 e. The lowest BCUT2D eigenvalue weighted by Gasteiger charge is -2.02. The van der Waals surface area contributed by atoms with E-state index in [9.17, 15) is 0 Å². The topological polar surface area (TPSA) is 77.8 Å². The fourth-order valence-corrected chi connectivity index (χ4v) is 2.31. The van der Waals surface area contributed by atoms with Crippen LogP contribution in [0.25, 0.3) is 0 Å². The molecule has 22 heavy (non-hydrogen) atoms. The normalized spacial score (nSPS) is 10.9. The zero-order chi connectivity index (χ0) is 17.1. The van der Waals surface area contributed by atoms with Crippen LogP contribution in [0.2, 0.25) is 0 Å². The highest BCUT2D eigenvalue weighted by molar-refractivity contribution is 7.45. The molecule has 0 aromatic carbocycles. The molecule has 0 fully saturated rings. The second kappa shape index (κ2) is 18.9. The van der Waals surface area contributed by atoms with Gasteiger partial charge >= 0.3 is 7.82 Å². The summed E-state index contributed by atoms with van der Waals surface area (Å²) in [5.41, 5.74) is 0. The Bertz CT molecular complexity index is 255. The molecule has 0 rings (SSSR count). The van der Waals surface area contributed by atoms with E-state index in [2.05, 4.69) is 13.5 Å². The predicted molar refractivity (Wildman–Crippen MR) is 94.8 cm³/mol. The first-order chi connectivity index (χ1) is 10.4. The van der Waals surface area contributed by atoms with Crippen molar-refractivity contribution in [2.24, 2.45) is 0 Å². The Morgan fingerprint density at radius 1 is 0.727 bits per heavy atom. The van der Waals surface area contributed by atoms with Crippen LogP contribution in [0.5, 0.6) is 0 Å². The van der Waals surface area contributed by atoms with Crippen LogP contribution in [-0.2, 0) is 4.57 Å². The molecule has 0 aliphatic rings. The number of hydrogen-bond acceptors (Lipinski definition) is 1. The highest BCUT2D eigenvalue weighted by Gasteiger charge is 2.00. The molecular formula is C17H37O4P. The number of unbranched alkanes of at least 4 members (excludes halogenated alkanes) is 13. The van der Waals surface area contributed by atoms with E-state index in [-0.39, 0.29) is 0 Å². The van der Waals surface area contributed by atoms with E-state index >= 15 is 0 Å². The van der Waals surface area contributed by atoms with Gasteiger partial charge < -0.3 is 14.7 Å². The van der Waals surface area contributed by atoms with Crippen LogP contribution < -0.4 is 0 Å². The number of allylic oxidation sites excluding steroid dienone is 1. The first-order valence-electron chi connectivity index (χ1n) is 8.81. The molecule has 134 valence electrons. The summed E-state index contributed by atoms with van der Waals surface area (Å²) in [5, 5.41) is 0. The fraction of sp³-hybridized carbons (Fsp3) is 0.882. The van der Waals surface area contributed by atoms with Gasteiger partial charge in [0.25, 0.3) is 0 Å². The maximum atomic E-state index is 8.88. The third-order valence-electron chi connectivity index (χ3n) is 3.51. The molecule has 4 nitrogen and oxygen atoms in total. The van der Waals surface area contributed by atoms with Crippen molar-refractivity contribution in [1.82, 2.24) is 0 Å². The van der Waals surface area contributed by atoms with Crippen molar-refractivity contribution in [2.45, 2.75) is 96.8 Å². The highest BCUT2D eigenvalue weighted by atomic mass is 31.2. The monoisotopic (exact) mass is 336 g/mol. The first-order valence-corrected chi connectivity index (χ1v) is 10.4. The van der Waals surface area contributed by atoms with Crippen LogP contribution in [-0.4, -0.2) is 14.7 Å². The predicted octanol–water partition coefficient (Wildman–Crippen LogP) is 5.73. The van der Waals surface area contributed by atoms with E-state index in [1.807, 2.05) is 6.08 Å². The summed E-state index contributed by atoms with van der Waals surface area (Å²) in [6.07, 6.45) is 22.0. The van der Waals surface area contributed by atoms with Crippen LogP contribution >= 0.6 is 7.82 Å². The zero-order valence-electron chi connectivity index (χ0n) is 14.4. The van der Waals surface area contributed by atoms with Gasteiger partial charge in [0.1, 0.15) is 0 Å². The molecule has 3 N–H and O–H groups in total. The number of rotatable bonds is 14. The average Bonchev–Trinajstić information content (AvgIpc) is 2.42. The lowest BCUT2D eigenvalue weighted by Crippen LogP contribution is -1.82. The standard InChI is InChI=1S/C17H34.H3O4P/c1-3-5-7-9-11-13-15-17-16-14-12-10-8-6-4-2;1-5(2,3)4/h3H,1,4-17H2,2H3;(H3,1,2,3,4). The molecule has 0 atom stereocenters. The summed E-state index contributed by atoms with van der Waals surface area (Å²) >= 11 is 0. The molecular weight excluding hydrogens is 299 g/mol. The summed E-state index contributed by atoms with van der Waals surface area (Å²) in [5.74, 6) is 0. The van der Waals surface area contributed by atoms with Gasteiger partial charge in [0, 0.05) is 0 Å². The van der Waals surface area contributed by atoms with Crippen LogP contribution in [0.3, 0.4) is 0 Å². The minimum Gasteiger partial charge on any atom is -0.303 e. The smallest absolute Gasteiger partial charge is 0.303 e. The van der Waals surface area contributed by atoms with Gasteiger partial charge in [0.05, 0.1) is 0 Å². The van der Waals surface area contributed by atoms with Crippen LogP contribution in [0.1, 0.15) is 96.8 Å². The van der Waals surface area contributed by atoms with E-state index in [1.165, 1.54) is 89.9 Å². The molecule has 0 aliphatic heterocycles. The fourth-order valence-electron chi connectivity index (χ4n) is 2.31. The Morgan fingerprint density at radius 2 is 1.00 bits per heavy atom. The summed E-state index contributed by atoms with van der Waals surface area (Å²) in [6.45, 7) is 6.04. The molecule has 0 radical (unpaired) electrons. The van der Waals surface area contributed by atoms with Crippen LogP contribution in [0.4, 0.5) is 0 Å². The molecule has 0 aromatic heterocycles. The molecule has 5 heteroatoms. The Hall–Kier alpha value is -0.150. The minimum atomic E-state index is -4.64. The summed E-state index contributed by atoms with van der Waals surface area (Å²) in [4.78, 5) is 21.6. The highest BCUT2D eigenvalue weighted by Crippen LogP contribution is 2.25. The third-order valence-corrected chi connectivity index (χ3v) is 3.51. The van der Waals surface area contributed by atoms with E-state index in [4.69, 9.17) is 19.2 Å². The molecule has 0 amide bonds.